The lowest BCUT2D eigenvalue weighted by atomic mass is 10.0. The van der Waals surface area contributed by atoms with Gasteiger partial charge in [0.15, 0.2) is 0 Å². The first kappa shape index (κ1) is 15.5. The van der Waals surface area contributed by atoms with Crippen molar-refractivity contribution in [2.45, 2.75) is 52.4 Å². The Balaban J connectivity index is 1.90. The molecule has 2 unspecified atom stereocenters. The largest absolute Gasteiger partial charge is 0.321 e. The van der Waals surface area contributed by atoms with Gasteiger partial charge in [-0.1, -0.05) is 13.8 Å². The Morgan fingerprint density at radius 3 is 2.35 bits per heavy atom. The molecule has 4 nitrogen and oxygen atoms in total. The SMILES string of the molecule is CC(C)C1CN(CCN2CCC(F)C2)C(=O)N1C(C)C. The summed E-state index contributed by atoms with van der Waals surface area (Å²) in [6.45, 7) is 12.2. The summed E-state index contributed by atoms with van der Waals surface area (Å²) in [5.74, 6) is 0.466. The molecule has 2 rings (SSSR count). The zero-order valence-corrected chi connectivity index (χ0v) is 13.2. The molecule has 5 heteroatoms. The van der Waals surface area contributed by atoms with Crippen molar-refractivity contribution in [1.29, 1.82) is 0 Å². The van der Waals surface area contributed by atoms with E-state index >= 15 is 0 Å². The number of alkyl halides is 1. The van der Waals surface area contributed by atoms with E-state index in [2.05, 4.69) is 32.6 Å². The third-order valence-corrected chi connectivity index (χ3v) is 4.48. The molecule has 0 radical (unpaired) electrons. The topological polar surface area (TPSA) is 26.8 Å². The minimum atomic E-state index is -0.681. The van der Waals surface area contributed by atoms with Crippen molar-refractivity contribution in [2.75, 3.05) is 32.7 Å². The van der Waals surface area contributed by atoms with Crippen LogP contribution < -0.4 is 0 Å². The molecule has 0 aliphatic carbocycles. The summed E-state index contributed by atoms with van der Waals surface area (Å²) >= 11 is 0. The van der Waals surface area contributed by atoms with E-state index in [0.717, 1.165) is 26.2 Å². The van der Waals surface area contributed by atoms with E-state index in [4.69, 9.17) is 0 Å². The van der Waals surface area contributed by atoms with Crippen molar-refractivity contribution < 1.29 is 9.18 Å². The maximum absolute atomic E-state index is 13.2. The van der Waals surface area contributed by atoms with Gasteiger partial charge in [-0.15, -0.1) is 0 Å². The van der Waals surface area contributed by atoms with E-state index in [-0.39, 0.29) is 12.1 Å². The fourth-order valence-corrected chi connectivity index (χ4v) is 3.27. The van der Waals surface area contributed by atoms with E-state index in [1.54, 1.807) is 0 Å². The van der Waals surface area contributed by atoms with Gasteiger partial charge in [0.2, 0.25) is 0 Å². The zero-order chi connectivity index (χ0) is 14.9. The van der Waals surface area contributed by atoms with Gasteiger partial charge in [-0.05, 0) is 26.2 Å². The van der Waals surface area contributed by atoms with Crippen LogP contribution in [0.1, 0.15) is 34.1 Å². The molecule has 0 bridgehead atoms. The predicted molar refractivity (Wildman–Crippen MR) is 78.5 cm³/mol. The average molecular weight is 285 g/mol. The van der Waals surface area contributed by atoms with Crippen LogP contribution in [0.5, 0.6) is 0 Å². The zero-order valence-electron chi connectivity index (χ0n) is 13.2. The Morgan fingerprint density at radius 1 is 1.20 bits per heavy atom. The monoisotopic (exact) mass is 285 g/mol. The molecule has 0 saturated carbocycles. The van der Waals surface area contributed by atoms with Crippen molar-refractivity contribution in [3.05, 3.63) is 0 Å². The summed E-state index contributed by atoms with van der Waals surface area (Å²) in [7, 11) is 0. The van der Waals surface area contributed by atoms with Crippen molar-refractivity contribution in [3.8, 4) is 0 Å². The van der Waals surface area contributed by atoms with Crippen LogP contribution >= 0.6 is 0 Å². The number of hydrogen-bond donors (Lipinski definition) is 0. The molecule has 0 aromatic carbocycles. The van der Waals surface area contributed by atoms with Crippen LogP contribution in [0.4, 0.5) is 9.18 Å². The van der Waals surface area contributed by atoms with E-state index in [9.17, 15) is 9.18 Å². The van der Waals surface area contributed by atoms with E-state index < -0.39 is 6.17 Å². The second kappa shape index (κ2) is 6.29. The van der Waals surface area contributed by atoms with Crippen LogP contribution in [0.25, 0.3) is 0 Å². The number of amides is 2. The molecule has 0 aromatic heterocycles. The summed E-state index contributed by atoms with van der Waals surface area (Å²) in [5, 5.41) is 0. The molecular formula is C15H28FN3O. The first-order valence-corrected chi connectivity index (χ1v) is 7.83. The quantitative estimate of drug-likeness (QED) is 0.774. The number of hydrogen-bond acceptors (Lipinski definition) is 2. The minimum Gasteiger partial charge on any atom is -0.321 e. The Hall–Kier alpha value is -0.840. The molecule has 116 valence electrons. The molecule has 0 spiro atoms. The van der Waals surface area contributed by atoms with Gasteiger partial charge < -0.3 is 9.80 Å². The predicted octanol–water partition coefficient (Wildman–Crippen LogP) is 2.20. The van der Waals surface area contributed by atoms with Gasteiger partial charge >= 0.3 is 6.03 Å². The molecule has 0 aromatic rings. The Bertz CT molecular complexity index is 348. The molecule has 2 aliphatic heterocycles. The van der Waals surface area contributed by atoms with Crippen molar-refractivity contribution in [3.63, 3.8) is 0 Å². The molecule has 2 fully saturated rings. The van der Waals surface area contributed by atoms with Gasteiger partial charge in [-0.3, -0.25) is 4.90 Å². The molecular weight excluding hydrogens is 257 g/mol. The molecule has 2 aliphatic rings. The highest BCUT2D eigenvalue weighted by atomic mass is 19.1. The molecule has 0 N–H and O–H groups in total. The van der Waals surface area contributed by atoms with Crippen LogP contribution in [-0.4, -0.2) is 71.7 Å². The Kier molecular flexibility index (Phi) is 4.89. The van der Waals surface area contributed by atoms with Crippen LogP contribution in [0.2, 0.25) is 0 Å². The highest BCUT2D eigenvalue weighted by Crippen LogP contribution is 2.24. The molecule has 2 atom stereocenters. The number of urea groups is 1. The van der Waals surface area contributed by atoms with Gasteiger partial charge in [0.25, 0.3) is 0 Å². The number of nitrogens with zero attached hydrogens (tertiary/aromatic N) is 3. The Labute approximate surface area is 121 Å². The van der Waals surface area contributed by atoms with E-state index in [0.29, 0.717) is 24.9 Å². The van der Waals surface area contributed by atoms with Crippen LogP contribution in [0.15, 0.2) is 0 Å². The first-order chi connectivity index (χ1) is 9.40. The van der Waals surface area contributed by atoms with Gasteiger partial charge in [0, 0.05) is 38.8 Å². The number of carbonyl (C=O) groups is 1. The third-order valence-electron chi connectivity index (χ3n) is 4.48. The van der Waals surface area contributed by atoms with Crippen molar-refractivity contribution >= 4 is 6.03 Å². The lowest BCUT2D eigenvalue weighted by Crippen LogP contribution is -2.43. The van der Waals surface area contributed by atoms with Crippen LogP contribution in [-0.2, 0) is 0 Å². The number of carbonyl (C=O) groups excluding carboxylic acids is 1. The molecule has 20 heavy (non-hydrogen) atoms. The number of halogens is 1. The molecule has 2 amide bonds. The standard InChI is InChI=1S/C15H28FN3O/c1-11(2)14-10-18(15(20)19(14)12(3)4)8-7-17-6-5-13(16)9-17/h11-14H,5-10H2,1-4H3. The maximum Gasteiger partial charge on any atom is 0.320 e. The Morgan fingerprint density at radius 2 is 1.90 bits per heavy atom. The molecule has 2 saturated heterocycles. The van der Waals surface area contributed by atoms with Crippen LogP contribution in [0.3, 0.4) is 0 Å². The van der Waals surface area contributed by atoms with Crippen molar-refractivity contribution in [1.82, 2.24) is 14.7 Å². The van der Waals surface area contributed by atoms with Gasteiger partial charge in [0.1, 0.15) is 6.17 Å². The second-order valence-corrected chi connectivity index (χ2v) is 6.73. The van der Waals surface area contributed by atoms with Gasteiger partial charge in [-0.25, -0.2) is 9.18 Å². The van der Waals surface area contributed by atoms with Gasteiger partial charge in [0.05, 0.1) is 6.04 Å². The number of rotatable bonds is 5. The van der Waals surface area contributed by atoms with Gasteiger partial charge in [-0.2, -0.15) is 0 Å². The maximum atomic E-state index is 13.2. The van der Waals surface area contributed by atoms with Crippen molar-refractivity contribution in [2.24, 2.45) is 5.92 Å². The lowest BCUT2D eigenvalue weighted by Gasteiger charge is -2.29. The summed E-state index contributed by atoms with van der Waals surface area (Å²) in [5.41, 5.74) is 0. The summed E-state index contributed by atoms with van der Waals surface area (Å²) in [4.78, 5) is 18.6. The highest BCUT2D eigenvalue weighted by molar-refractivity contribution is 5.77. The highest BCUT2D eigenvalue weighted by Gasteiger charge is 2.40. The fourth-order valence-electron chi connectivity index (χ4n) is 3.27. The van der Waals surface area contributed by atoms with E-state index in [1.165, 1.54) is 0 Å². The van der Waals surface area contributed by atoms with E-state index in [1.807, 2.05) is 9.80 Å². The first-order valence-electron chi connectivity index (χ1n) is 7.83. The third kappa shape index (κ3) is 3.25. The number of likely N-dealkylation sites (tertiary alicyclic amines) is 1. The normalized spacial score (nSPS) is 28.4. The summed E-state index contributed by atoms with van der Waals surface area (Å²) < 4.78 is 13.2. The fraction of sp³-hybridized carbons (Fsp3) is 0.933. The minimum absolute atomic E-state index is 0.148. The molecule has 2 heterocycles. The second-order valence-electron chi connectivity index (χ2n) is 6.73. The van der Waals surface area contributed by atoms with Crippen LogP contribution in [0, 0.1) is 5.92 Å². The smallest absolute Gasteiger partial charge is 0.320 e. The summed E-state index contributed by atoms with van der Waals surface area (Å²) in [6, 6.07) is 0.687. The lowest BCUT2D eigenvalue weighted by molar-refractivity contribution is 0.160. The summed E-state index contributed by atoms with van der Waals surface area (Å²) in [6.07, 6.45) is -0.0411. The average Bonchev–Trinajstić information content (AvgIpc) is 2.90.